The standard InChI is InChI=1S/C15H23F3N2O/c1-10(2)9-20(4-5-21-3)14(8-19)11-6-12(16)15(18)13(17)7-11/h6-7,10,14H,4-5,8-9,19H2,1-3H3. The third-order valence-corrected chi connectivity index (χ3v) is 3.24. The minimum absolute atomic E-state index is 0.181. The van der Waals surface area contributed by atoms with E-state index in [1.807, 2.05) is 18.7 Å². The summed E-state index contributed by atoms with van der Waals surface area (Å²) in [6.07, 6.45) is 0. The van der Waals surface area contributed by atoms with Crippen LogP contribution in [-0.4, -0.2) is 38.3 Å². The van der Waals surface area contributed by atoms with Crippen LogP contribution in [0.5, 0.6) is 0 Å². The van der Waals surface area contributed by atoms with Gasteiger partial charge in [0.1, 0.15) is 0 Å². The predicted molar refractivity (Wildman–Crippen MR) is 76.4 cm³/mol. The van der Waals surface area contributed by atoms with E-state index < -0.39 is 17.5 Å². The molecule has 0 spiro atoms. The molecule has 0 heterocycles. The molecule has 0 bridgehead atoms. The summed E-state index contributed by atoms with van der Waals surface area (Å²) in [6.45, 7) is 6.03. The van der Waals surface area contributed by atoms with Gasteiger partial charge in [0.05, 0.1) is 6.61 Å². The monoisotopic (exact) mass is 304 g/mol. The first-order valence-corrected chi connectivity index (χ1v) is 6.98. The fraction of sp³-hybridized carbons (Fsp3) is 0.600. The van der Waals surface area contributed by atoms with Crippen molar-refractivity contribution in [2.45, 2.75) is 19.9 Å². The maximum Gasteiger partial charge on any atom is 0.194 e. The summed E-state index contributed by atoms with van der Waals surface area (Å²) in [5.74, 6) is -3.49. The summed E-state index contributed by atoms with van der Waals surface area (Å²) in [4.78, 5) is 2.00. The van der Waals surface area contributed by atoms with Crippen molar-refractivity contribution in [3.05, 3.63) is 35.1 Å². The van der Waals surface area contributed by atoms with Crippen LogP contribution in [0.15, 0.2) is 12.1 Å². The van der Waals surface area contributed by atoms with E-state index >= 15 is 0 Å². The van der Waals surface area contributed by atoms with Crippen molar-refractivity contribution in [3.63, 3.8) is 0 Å². The Morgan fingerprint density at radius 3 is 2.19 bits per heavy atom. The van der Waals surface area contributed by atoms with E-state index in [1.165, 1.54) is 0 Å². The zero-order chi connectivity index (χ0) is 16.0. The molecule has 0 aliphatic heterocycles. The molecule has 1 rings (SSSR count). The molecule has 0 radical (unpaired) electrons. The van der Waals surface area contributed by atoms with Gasteiger partial charge in [-0.05, 0) is 23.6 Å². The van der Waals surface area contributed by atoms with Gasteiger partial charge in [-0.1, -0.05) is 13.8 Å². The van der Waals surface area contributed by atoms with Crippen molar-refractivity contribution in [1.82, 2.24) is 4.90 Å². The zero-order valence-electron chi connectivity index (χ0n) is 12.7. The normalized spacial score (nSPS) is 13.2. The minimum atomic E-state index is -1.46. The molecule has 3 nitrogen and oxygen atoms in total. The first-order valence-electron chi connectivity index (χ1n) is 6.98. The van der Waals surface area contributed by atoms with E-state index in [0.717, 1.165) is 12.1 Å². The lowest BCUT2D eigenvalue weighted by molar-refractivity contribution is 0.111. The van der Waals surface area contributed by atoms with Gasteiger partial charge >= 0.3 is 0 Å². The number of rotatable bonds is 8. The summed E-state index contributed by atoms with van der Waals surface area (Å²) >= 11 is 0. The number of ether oxygens (including phenoxy) is 1. The molecule has 0 aliphatic carbocycles. The molecule has 0 aliphatic rings. The first-order chi connectivity index (χ1) is 9.90. The second-order valence-electron chi connectivity index (χ2n) is 5.43. The lowest BCUT2D eigenvalue weighted by Crippen LogP contribution is -2.38. The van der Waals surface area contributed by atoms with Gasteiger partial charge < -0.3 is 10.5 Å². The summed E-state index contributed by atoms with van der Waals surface area (Å²) in [5.41, 5.74) is 6.11. The van der Waals surface area contributed by atoms with Gasteiger partial charge in [-0.2, -0.15) is 0 Å². The number of hydrogen-bond donors (Lipinski definition) is 1. The number of nitrogens with zero attached hydrogens (tertiary/aromatic N) is 1. The Morgan fingerprint density at radius 1 is 1.19 bits per heavy atom. The lowest BCUT2D eigenvalue weighted by Gasteiger charge is -2.32. The number of halogens is 3. The molecule has 2 N–H and O–H groups in total. The van der Waals surface area contributed by atoms with Gasteiger partial charge in [0, 0.05) is 32.8 Å². The van der Waals surface area contributed by atoms with Gasteiger partial charge in [0.2, 0.25) is 0 Å². The highest BCUT2D eigenvalue weighted by molar-refractivity contribution is 5.23. The van der Waals surface area contributed by atoms with Crippen LogP contribution in [0.4, 0.5) is 13.2 Å². The number of hydrogen-bond acceptors (Lipinski definition) is 3. The van der Waals surface area contributed by atoms with E-state index in [0.29, 0.717) is 31.2 Å². The highest BCUT2D eigenvalue weighted by atomic mass is 19.2. The molecule has 21 heavy (non-hydrogen) atoms. The van der Waals surface area contributed by atoms with E-state index in [9.17, 15) is 13.2 Å². The van der Waals surface area contributed by atoms with Crippen molar-refractivity contribution in [1.29, 1.82) is 0 Å². The molecule has 0 saturated heterocycles. The SMILES string of the molecule is COCCN(CC(C)C)C(CN)c1cc(F)c(F)c(F)c1. The van der Waals surface area contributed by atoms with E-state index in [2.05, 4.69) is 0 Å². The fourth-order valence-corrected chi connectivity index (χ4v) is 2.32. The van der Waals surface area contributed by atoms with Crippen LogP contribution in [0.1, 0.15) is 25.5 Å². The largest absolute Gasteiger partial charge is 0.383 e. The van der Waals surface area contributed by atoms with Crippen molar-refractivity contribution >= 4 is 0 Å². The summed E-state index contributed by atoms with van der Waals surface area (Å²) in [6, 6.07) is 1.64. The number of methoxy groups -OCH3 is 1. The maximum absolute atomic E-state index is 13.4. The van der Waals surface area contributed by atoms with Gasteiger partial charge in [0.25, 0.3) is 0 Å². The maximum atomic E-state index is 13.4. The van der Waals surface area contributed by atoms with Crippen molar-refractivity contribution in [2.24, 2.45) is 11.7 Å². The average molecular weight is 304 g/mol. The first kappa shape index (κ1) is 17.9. The minimum Gasteiger partial charge on any atom is -0.383 e. The van der Waals surface area contributed by atoms with Crippen LogP contribution in [0, 0.1) is 23.4 Å². The lowest BCUT2D eigenvalue weighted by atomic mass is 10.0. The van der Waals surface area contributed by atoms with Crippen LogP contribution in [0.2, 0.25) is 0 Å². The Hall–Kier alpha value is -1.11. The average Bonchev–Trinajstić information content (AvgIpc) is 2.42. The van der Waals surface area contributed by atoms with Crippen LogP contribution >= 0.6 is 0 Å². The number of benzene rings is 1. The van der Waals surface area contributed by atoms with Gasteiger partial charge in [-0.15, -0.1) is 0 Å². The Morgan fingerprint density at radius 2 is 1.76 bits per heavy atom. The molecule has 6 heteroatoms. The quantitative estimate of drug-likeness (QED) is 0.751. The van der Waals surface area contributed by atoms with Crippen LogP contribution < -0.4 is 5.73 Å². The van der Waals surface area contributed by atoms with Crippen molar-refractivity contribution in [3.8, 4) is 0 Å². The molecule has 0 amide bonds. The smallest absolute Gasteiger partial charge is 0.194 e. The molecule has 120 valence electrons. The van der Waals surface area contributed by atoms with Crippen LogP contribution in [0.3, 0.4) is 0 Å². The van der Waals surface area contributed by atoms with Gasteiger partial charge in [0.15, 0.2) is 17.5 Å². The van der Waals surface area contributed by atoms with E-state index in [-0.39, 0.29) is 12.6 Å². The molecule has 1 atom stereocenters. The highest BCUT2D eigenvalue weighted by Gasteiger charge is 2.22. The van der Waals surface area contributed by atoms with Crippen molar-refractivity contribution in [2.75, 3.05) is 33.4 Å². The molecule has 1 aromatic rings. The summed E-state index contributed by atoms with van der Waals surface area (Å²) < 4.78 is 45.0. The molecular formula is C15H23F3N2O. The molecule has 0 aromatic heterocycles. The topological polar surface area (TPSA) is 38.5 Å². The Kier molecular flexibility index (Phi) is 7.14. The van der Waals surface area contributed by atoms with E-state index in [1.54, 1.807) is 7.11 Å². The van der Waals surface area contributed by atoms with E-state index in [4.69, 9.17) is 10.5 Å². The Bertz CT molecular complexity index is 432. The third-order valence-electron chi connectivity index (χ3n) is 3.24. The van der Waals surface area contributed by atoms with Crippen LogP contribution in [0.25, 0.3) is 0 Å². The molecule has 1 unspecified atom stereocenters. The summed E-state index contributed by atoms with van der Waals surface area (Å²) in [7, 11) is 1.59. The van der Waals surface area contributed by atoms with Crippen LogP contribution in [-0.2, 0) is 4.74 Å². The summed E-state index contributed by atoms with van der Waals surface area (Å²) in [5, 5.41) is 0. The van der Waals surface area contributed by atoms with Crippen molar-refractivity contribution < 1.29 is 17.9 Å². The second kappa shape index (κ2) is 8.36. The molecule has 0 saturated carbocycles. The molecule has 0 fully saturated rings. The Labute approximate surface area is 123 Å². The fourth-order valence-electron chi connectivity index (χ4n) is 2.32. The Balaban J connectivity index is 3.06. The second-order valence-corrected chi connectivity index (χ2v) is 5.43. The van der Waals surface area contributed by atoms with Gasteiger partial charge in [-0.25, -0.2) is 13.2 Å². The predicted octanol–water partition coefficient (Wildman–Crippen LogP) is 2.71. The third kappa shape index (κ3) is 4.98. The van der Waals surface area contributed by atoms with Gasteiger partial charge in [-0.3, -0.25) is 4.90 Å². The zero-order valence-corrected chi connectivity index (χ0v) is 12.7. The highest BCUT2D eigenvalue weighted by Crippen LogP contribution is 2.24. The number of nitrogens with two attached hydrogens (primary N) is 1. The molecule has 1 aromatic carbocycles. The molecular weight excluding hydrogens is 281 g/mol.